The first-order valence-corrected chi connectivity index (χ1v) is 16.5. The average Bonchev–Trinajstić information content (AvgIpc) is 3.80. The van der Waals surface area contributed by atoms with E-state index in [9.17, 15) is 14.4 Å². The number of ether oxygens (including phenoxy) is 1. The summed E-state index contributed by atoms with van der Waals surface area (Å²) in [6, 6.07) is 0. The Bertz CT molecular complexity index is 737. The molecule has 1 atom stereocenters. The van der Waals surface area contributed by atoms with Crippen molar-refractivity contribution >= 4 is 17.5 Å². The van der Waals surface area contributed by atoms with Crippen molar-refractivity contribution in [1.29, 1.82) is 0 Å². The Balaban J connectivity index is -0.000000111. The smallest absolute Gasteiger partial charge is 0.466 e. The molecule has 0 aromatic heterocycles. The van der Waals surface area contributed by atoms with Crippen LogP contribution in [0.2, 0.25) is 0 Å². The molecule has 0 aromatic rings. The Kier molecular flexibility index (Phi) is 56.4. The minimum atomic E-state index is -0.0463. The Morgan fingerprint density at radius 1 is 0.638 bits per heavy atom. The van der Waals surface area contributed by atoms with Crippen LogP contribution in [-0.2, 0) is 35.9 Å². The van der Waals surface area contributed by atoms with Gasteiger partial charge in [0.25, 0.3) is 0 Å². The summed E-state index contributed by atoms with van der Waals surface area (Å²) in [5, 5.41) is 17.0. The van der Waals surface area contributed by atoms with Crippen LogP contribution < -0.4 is 59.1 Å². The van der Waals surface area contributed by atoms with Gasteiger partial charge in [-0.2, -0.15) is 0 Å². The molecular weight excluding hydrogens is 657 g/mol. The van der Waals surface area contributed by atoms with Gasteiger partial charge in [0.2, 0.25) is 0 Å². The van der Waals surface area contributed by atoms with Crippen molar-refractivity contribution in [2.45, 2.75) is 135 Å². The number of hydrogen-bond donors (Lipinski definition) is 2. The number of carbonyl (C=O) groups is 3. The number of aliphatic hydroxyl groups is 2. The standard InChI is InChI=1S/C9H16O2.C9H14O2.C8H12.C5H10.C4H6O2.3CH3.Co.2Na/c2*10-7-3-6-9(11)8-4-1-2-5-8;1-2-4-6-8-7-5-3-1;1-2-4-5-3-1;5-4-2-1-3-6-4;;;;;;/h8,10H,1-7H2;1,4,8,10H,2-3,5-7H2;1-2,7-8H,3-6H2;1-5H2;1-3H2;3*1H3;;;/q;;;;;3*-1;+3;2*+1/b;;2-1-,8-7?;;;;;;;;/t;8-;;;;;;;;;/m.0........./s1. The van der Waals surface area contributed by atoms with Crippen molar-refractivity contribution in [3.8, 4) is 0 Å². The van der Waals surface area contributed by atoms with Crippen LogP contribution >= 0.6 is 0 Å². The minimum absolute atomic E-state index is 0. The number of cyclic esters (lactones) is 1. The third kappa shape index (κ3) is 36.1. The van der Waals surface area contributed by atoms with Gasteiger partial charge < -0.3 is 37.2 Å². The maximum absolute atomic E-state index is 11.3. The average molecular weight is 725 g/mol. The predicted molar refractivity (Wildman–Crippen MR) is 186 cm³/mol. The van der Waals surface area contributed by atoms with Gasteiger partial charge in [-0.3, -0.25) is 14.4 Å². The molecule has 2 N–H and O–H groups in total. The van der Waals surface area contributed by atoms with Gasteiger partial charge in [-0.15, -0.1) is 0 Å². The number of esters is 1. The second-order valence-electron chi connectivity index (χ2n) is 11.4. The Morgan fingerprint density at radius 3 is 1.40 bits per heavy atom. The zero-order chi connectivity index (χ0) is 29.8. The van der Waals surface area contributed by atoms with Crippen molar-refractivity contribution in [2.75, 3.05) is 19.8 Å². The predicted octanol–water partition coefficient (Wildman–Crippen LogP) is 3.12. The van der Waals surface area contributed by atoms with E-state index in [1.54, 1.807) is 0 Å². The number of Topliss-reactive ketones (excluding diaryl/α,β-unsaturated/α-hetero) is 2. The van der Waals surface area contributed by atoms with Gasteiger partial charge in [-0.1, -0.05) is 81.4 Å². The maximum atomic E-state index is 11.3. The molecular formula is C38H67CoNa2O6+2. The fraction of sp³-hybridized carbons (Fsp3) is 0.684. The van der Waals surface area contributed by atoms with Crippen molar-refractivity contribution in [1.82, 2.24) is 0 Å². The molecule has 1 saturated heterocycles. The minimum Gasteiger partial charge on any atom is -0.466 e. The third-order valence-corrected chi connectivity index (χ3v) is 7.77. The van der Waals surface area contributed by atoms with Crippen molar-refractivity contribution in [3.63, 3.8) is 0 Å². The summed E-state index contributed by atoms with van der Waals surface area (Å²) in [5.74, 6) is 1.10. The molecule has 5 rings (SSSR count). The summed E-state index contributed by atoms with van der Waals surface area (Å²) < 4.78 is 4.51. The van der Waals surface area contributed by atoms with Gasteiger partial charge in [0.15, 0.2) is 0 Å². The number of aliphatic hydroxyl groups excluding tert-OH is 2. The summed E-state index contributed by atoms with van der Waals surface area (Å²) in [5.41, 5.74) is 0. The first-order valence-electron chi connectivity index (χ1n) is 16.5. The first kappa shape index (κ1) is 59.6. The largest absolute Gasteiger partial charge is 3.00 e. The fourth-order valence-electron chi connectivity index (χ4n) is 5.26. The number of carbonyl (C=O) groups excluding carboxylic acids is 3. The SMILES string of the molecule is C1=CCC/C=C\CC1.C1CCCC1.O=C(CCCO)C1CCCC1.O=C(CCCO)[C@H]1C=CCC1.O=C1CCCO1.[CH3-].[CH3-].[CH3-].[Co+3].[Na+].[Na+]. The third-order valence-electron chi connectivity index (χ3n) is 7.77. The van der Waals surface area contributed by atoms with Crippen molar-refractivity contribution in [3.05, 3.63) is 58.7 Å². The van der Waals surface area contributed by atoms with E-state index in [1.165, 1.54) is 70.6 Å². The number of allylic oxidation sites excluding steroid dienone is 6. The van der Waals surface area contributed by atoms with Gasteiger partial charge in [0, 0.05) is 44.3 Å². The van der Waals surface area contributed by atoms with Crippen LogP contribution in [0, 0.1) is 34.1 Å². The molecule has 0 spiro atoms. The Labute approximate surface area is 345 Å². The zero-order valence-electron chi connectivity index (χ0n) is 31.0. The first-order chi connectivity index (χ1) is 20.1. The molecule has 264 valence electrons. The molecule has 1 aliphatic heterocycles. The molecule has 0 bridgehead atoms. The Hall–Kier alpha value is 0.456. The van der Waals surface area contributed by atoms with Crippen LogP contribution in [0.3, 0.4) is 0 Å². The van der Waals surface area contributed by atoms with E-state index in [0.717, 1.165) is 32.1 Å². The van der Waals surface area contributed by atoms with E-state index in [2.05, 4.69) is 35.1 Å². The van der Waals surface area contributed by atoms with Crippen LogP contribution in [0.25, 0.3) is 0 Å². The van der Waals surface area contributed by atoms with Crippen LogP contribution in [0.15, 0.2) is 36.5 Å². The second-order valence-corrected chi connectivity index (χ2v) is 11.4. The molecule has 0 radical (unpaired) electrons. The molecule has 0 amide bonds. The molecule has 1 heterocycles. The summed E-state index contributed by atoms with van der Waals surface area (Å²) >= 11 is 0. The van der Waals surface area contributed by atoms with E-state index in [1.807, 2.05) is 6.08 Å². The van der Waals surface area contributed by atoms with Gasteiger partial charge in [-0.05, 0) is 70.6 Å². The summed E-state index contributed by atoms with van der Waals surface area (Å²) in [6.45, 7) is 0.916. The molecule has 0 aromatic carbocycles. The van der Waals surface area contributed by atoms with Crippen molar-refractivity contribution in [2.24, 2.45) is 11.8 Å². The topological polar surface area (TPSA) is 101 Å². The zero-order valence-corrected chi connectivity index (χ0v) is 36.0. The van der Waals surface area contributed by atoms with E-state index in [-0.39, 0.29) is 129 Å². The fourth-order valence-corrected chi connectivity index (χ4v) is 5.26. The van der Waals surface area contributed by atoms with Crippen LogP contribution in [-0.4, -0.2) is 47.6 Å². The molecule has 3 fully saturated rings. The quantitative estimate of drug-likeness (QED) is 0.173. The van der Waals surface area contributed by atoms with Crippen LogP contribution in [0.4, 0.5) is 0 Å². The second kappa shape index (κ2) is 44.5. The van der Waals surface area contributed by atoms with Crippen LogP contribution in [0.1, 0.15) is 135 Å². The van der Waals surface area contributed by atoms with Crippen LogP contribution in [0.5, 0.6) is 0 Å². The molecule has 5 aliphatic rings. The number of ketones is 2. The van der Waals surface area contributed by atoms with E-state index >= 15 is 0 Å². The Morgan fingerprint density at radius 2 is 1.09 bits per heavy atom. The summed E-state index contributed by atoms with van der Waals surface area (Å²) in [7, 11) is 0. The summed E-state index contributed by atoms with van der Waals surface area (Å²) in [6.07, 6.45) is 36.1. The number of rotatable bonds is 8. The molecule has 2 saturated carbocycles. The molecule has 0 unspecified atom stereocenters. The van der Waals surface area contributed by atoms with E-state index < -0.39 is 0 Å². The molecule has 6 nitrogen and oxygen atoms in total. The van der Waals surface area contributed by atoms with Gasteiger partial charge in [0.1, 0.15) is 11.6 Å². The maximum Gasteiger partial charge on any atom is 3.00 e. The van der Waals surface area contributed by atoms with Gasteiger partial charge in [-0.25, -0.2) is 0 Å². The molecule has 4 aliphatic carbocycles. The molecule has 47 heavy (non-hydrogen) atoms. The van der Waals surface area contributed by atoms with E-state index in [4.69, 9.17) is 10.2 Å². The van der Waals surface area contributed by atoms with Gasteiger partial charge in [0.05, 0.1) is 6.61 Å². The number of hydrogen-bond acceptors (Lipinski definition) is 6. The monoisotopic (exact) mass is 724 g/mol. The van der Waals surface area contributed by atoms with Gasteiger partial charge >= 0.3 is 81.9 Å². The van der Waals surface area contributed by atoms with E-state index in [0.29, 0.717) is 50.4 Å². The summed E-state index contributed by atoms with van der Waals surface area (Å²) in [4.78, 5) is 32.6. The molecule has 9 heteroatoms. The van der Waals surface area contributed by atoms with Crippen molar-refractivity contribution < 1.29 is 105 Å². The normalized spacial score (nSPS) is 19.0.